The standard InChI is InChI=1S/C26H29ClN4O4.C25H27ClN4O5/c1-4-13-34-14-12-30-24(32)22-23(29(3)26(30)33)28-25(35-17-20-7-5-6-18(2)15-20)31(22)16-19-8-10-21(27)11-9-19;1-17-4-3-5-19(14-17)16-35-24-27-22-21(30(24)15-18-6-8-20(26)9-7-18)23(32)29(25(33)28(22)2)10-12-34-13-11-31/h5-11,15H,4,12-14,16-17H2,1-3H3;3-9,14,31H,10-13,15-16H2,1-2H3. The molecule has 4 aromatic carbocycles. The second kappa shape index (κ2) is 23.7. The zero-order chi connectivity index (χ0) is 49.9. The number of halogens is 2. The lowest BCUT2D eigenvalue weighted by molar-refractivity contribution is 0.0858. The zero-order valence-electron chi connectivity index (χ0n) is 39.8. The number of hydrogen-bond acceptors (Lipinski definition) is 11. The van der Waals surface area contributed by atoms with Gasteiger partial charge in [-0.05, 0) is 66.8 Å². The van der Waals surface area contributed by atoms with Crippen LogP contribution in [0.1, 0.15) is 46.7 Å². The zero-order valence-corrected chi connectivity index (χ0v) is 41.3. The Morgan fingerprint density at radius 2 is 0.957 bits per heavy atom. The van der Waals surface area contributed by atoms with Crippen molar-refractivity contribution in [3.8, 4) is 12.0 Å². The third-order valence-electron chi connectivity index (χ3n) is 11.3. The number of aryl methyl sites for hydroxylation is 4. The number of aromatic nitrogens is 8. The smallest absolute Gasteiger partial charge is 0.332 e. The molecule has 0 saturated heterocycles. The lowest BCUT2D eigenvalue weighted by Crippen LogP contribution is -2.40. The summed E-state index contributed by atoms with van der Waals surface area (Å²) < 4.78 is 31.4. The van der Waals surface area contributed by atoms with E-state index < -0.39 is 22.5 Å². The molecule has 70 heavy (non-hydrogen) atoms. The third-order valence-corrected chi connectivity index (χ3v) is 11.8. The summed E-state index contributed by atoms with van der Waals surface area (Å²) in [6.45, 7) is 8.34. The van der Waals surface area contributed by atoms with E-state index in [1.54, 1.807) is 47.5 Å². The minimum atomic E-state index is -0.503. The van der Waals surface area contributed by atoms with Crippen molar-refractivity contribution in [2.24, 2.45) is 14.1 Å². The first-order valence-electron chi connectivity index (χ1n) is 22.8. The molecule has 0 radical (unpaired) electrons. The fraction of sp³-hybridized carbons (Fsp3) is 0.333. The maximum atomic E-state index is 13.5. The number of ether oxygens (including phenoxy) is 4. The van der Waals surface area contributed by atoms with Crippen molar-refractivity contribution in [3.63, 3.8) is 0 Å². The van der Waals surface area contributed by atoms with Crippen molar-refractivity contribution in [3.05, 3.63) is 182 Å². The van der Waals surface area contributed by atoms with Crippen molar-refractivity contribution in [2.75, 3.05) is 33.0 Å². The minimum absolute atomic E-state index is 0.0487. The number of imidazole rings is 2. The number of aliphatic hydroxyl groups is 1. The van der Waals surface area contributed by atoms with Crippen molar-refractivity contribution < 1.29 is 24.1 Å². The molecular weight excluding hydrogens is 940 g/mol. The van der Waals surface area contributed by atoms with Crippen LogP contribution in [0.5, 0.6) is 12.0 Å². The third kappa shape index (κ3) is 12.2. The predicted molar refractivity (Wildman–Crippen MR) is 270 cm³/mol. The van der Waals surface area contributed by atoms with Gasteiger partial charge in [-0.15, -0.1) is 0 Å². The largest absolute Gasteiger partial charge is 0.460 e. The van der Waals surface area contributed by atoms with E-state index in [1.807, 2.05) is 93.6 Å². The van der Waals surface area contributed by atoms with Crippen LogP contribution in [0.25, 0.3) is 22.3 Å². The second-order valence-corrected chi connectivity index (χ2v) is 17.5. The van der Waals surface area contributed by atoms with Crippen LogP contribution >= 0.6 is 23.2 Å². The van der Waals surface area contributed by atoms with E-state index in [1.165, 1.54) is 13.7 Å². The molecular formula is C51H56Cl2N8O9. The molecule has 0 amide bonds. The van der Waals surface area contributed by atoms with Crippen LogP contribution < -0.4 is 32.0 Å². The molecule has 1 N–H and O–H groups in total. The van der Waals surface area contributed by atoms with Gasteiger partial charge < -0.3 is 24.1 Å². The summed E-state index contributed by atoms with van der Waals surface area (Å²) in [6.07, 6.45) is 0.863. The Kier molecular flexibility index (Phi) is 17.3. The fourth-order valence-corrected chi connectivity index (χ4v) is 8.03. The van der Waals surface area contributed by atoms with Crippen LogP contribution in [0.3, 0.4) is 0 Å². The highest BCUT2D eigenvalue weighted by atomic mass is 35.5. The van der Waals surface area contributed by atoms with E-state index in [0.717, 1.165) is 44.4 Å². The first-order chi connectivity index (χ1) is 33.8. The van der Waals surface area contributed by atoms with E-state index in [9.17, 15) is 19.2 Å². The van der Waals surface area contributed by atoms with Gasteiger partial charge in [-0.25, -0.2) is 9.59 Å². The second-order valence-electron chi connectivity index (χ2n) is 16.7. The van der Waals surface area contributed by atoms with Gasteiger partial charge in [0.15, 0.2) is 22.3 Å². The molecule has 17 nitrogen and oxygen atoms in total. The molecule has 0 unspecified atom stereocenters. The Hall–Kier alpha value is -6.76. The molecule has 0 spiro atoms. The molecule has 0 fully saturated rings. The molecule has 0 atom stereocenters. The van der Waals surface area contributed by atoms with E-state index in [2.05, 4.69) is 9.97 Å². The molecule has 0 saturated carbocycles. The number of hydrogen-bond donors (Lipinski definition) is 1. The highest BCUT2D eigenvalue weighted by Crippen LogP contribution is 2.24. The number of rotatable bonds is 20. The quantitative estimate of drug-likeness (QED) is 0.0835. The van der Waals surface area contributed by atoms with Crippen molar-refractivity contribution >= 4 is 45.5 Å². The first kappa shape index (κ1) is 51.1. The van der Waals surface area contributed by atoms with Gasteiger partial charge in [0.25, 0.3) is 23.1 Å². The predicted octanol–water partition coefficient (Wildman–Crippen LogP) is 6.41. The van der Waals surface area contributed by atoms with Crippen molar-refractivity contribution in [1.82, 2.24) is 37.4 Å². The van der Waals surface area contributed by atoms with Gasteiger partial charge in [0, 0.05) is 30.7 Å². The van der Waals surface area contributed by atoms with E-state index >= 15 is 0 Å². The Labute approximate surface area is 413 Å². The molecule has 4 aromatic heterocycles. The van der Waals surface area contributed by atoms with Gasteiger partial charge in [-0.2, -0.15) is 9.97 Å². The molecule has 8 aromatic rings. The maximum absolute atomic E-state index is 13.5. The molecule has 0 bridgehead atoms. The van der Waals surface area contributed by atoms with Crippen molar-refractivity contribution in [1.29, 1.82) is 0 Å². The molecule has 19 heteroatoms. The number of nitrogens with zero attached hydrogens (tertiary/aromatic N) is 8. The number of benzene rings is 4. The van der Waals surface area contributed by atoms with Gasteiger partial charge >= 0.3 is 11.4 Å². The topological polar surface area (TPSA) is 181 Å². The molecule has 0 aliphatic heterocycles. The summed E-state index contributed by atoms with van der Waals surface area (Å²) in [7, 11) is 3.18. The lowest BCUT2D eigenvalue weighted by atomic mass is 10.1. The Bertz CT molecular complexity index is 3100. The summed E-state index contributed by atoms with van der Waals surface area (Å²) in [6, 6.07) is 31.0. The van der Waals surface area contributed by atoms with Crippen LogP contribution in [0.2, 0.25) is 10.0 Å². The molecule has 4 heterocycles. The molecule has 8 rings (SSSR count). The molecule has 0 aliphatic rings. The van der Waals surface area contributed by atoms with Crippen LogP contribution in [0.4, 0.5) is 0 Å². The summed E-state index contributed by atoms with van der Waals surface area (Å²) >= 11 is 12.1. The number of fused-ring (bicyclic) bond motifs is 2. The van der Waals surface area contributed by atoms with E-state index in [-0.39, 0.29) is 81.6 Å². The molecule has 368 valence electrons. The highest BCUT2D eigenvalue weighted by molar-refractivity contribution is 6.30. The van der Waals surface area contributed by atoms with Crippen molar-refractivity contribution in [2.45, 2.75) is 66.6 Å². The molecule has 0 aliphatic carbocycles. The fourth-order valence-electron chi connectivity index (χ4n) is 7.78. The summed E-state index contributed by atoms with van der Waals surface area (Å²) in [4.78, 5) is 62.0. The summed E-state index contributed by atoms with van der Waals surface area (Å²) in [5, 5.41) is 10.1. The van der Waals surface area contributed by atoms with Gasteiger partial charge in [-0.1, -0.05) is 114 Å². The Morgan fingerprint density at radius 1 is 0.543 bits per heavy atom. The van der Waals surface area contributed by atoms with Gasteiger partial charge in [0.05, 0.1) is 52.6 Å². The minimum Gasteiger partial charge on any atom is -0.460 e. The highest BCUT2D eigenvalue weighted by Gasteiger charge is 2.24. The number of aliphatic hydroxyl groups excluding tert-OH is 1. The summed E-state index contributed by atoms with van der Waals surface area (Å²) in [5.41, 5.74) is 5.20. The normalized spacial score (nSPS) is 11.3. The van der Waals surface area contributed by atoms with Gasteiger partial charge in [0.1, 0.15) is 13.2 Å². The van der Waals surface area contributed by atoms with Crippen LogP contribution in [-0.2, 0) is 63.0 Å². The van der Waals surface area contributed by atoms with Gasteiger partial charge in [-0.3, -0.25) is 37.0 Å². The first-order valence-corrected chi connectivity index (χ1v) is 23.6. The Morgan fingerprint density at radius 3 is 1.34 bits per heavy atom. The van der Waals surface area contributed by atoms with E-state index in [0.29, 0.717) is 35.3 Å². The Balaban J connectivity index is 0.000000206. The van der Waals surface area contributed by atoms with E-state index in [4.69, 9.17) is 47.3 Å². The monoisotopic (exact) mass is 994 g/mol. The van der Waals surface area contributed by atoms with Crippen LogP contribution in [0.15, 0.2) is 116 Å². The van der Waals surface area contributed by atoms with Crippen LogP contribution in [0, 0.1) is 13.8 Å². The van der Waals surface area contributed by atoms with Gasteiger partial charge in [0.2, 0.25) is 0 Å². The average Bonchev–Trinajstić information content (AvgIpc) is 3.90. The lowest BCUT2D eigenvalue weighted by Gasteiger charge is -2.12. The van der Waals surface area contributed by atoms with Crippen LogP contribution in [-0.4, -0.2) is 75.5 Å². The maximum Gasteiger partial charge on any atom is 0.332 e. The summed E-state index contributed by atoms with van der Waals surface area (Å²) in [5.74, 6) is 0. The SMILES string of the molecule is CCCOCCn1c(=O)c2c(nc(OCc3cccc(C)c3)n2Cc2ccc(Cl)cc2)n(C)c1=O.Cc1cccc(COc2nc3c(c(=O)n(CCOCCO)c(=O)n3C)n2Cc2ccc(Cl)cc2)c1. The average molecular weight is 996 g/mol.